The molecule has 76 valence electrons. The molecule has 2 heterocycles. The van der Waals surface area contributed by atoms with Crippen LogP contribution in [0, 0.1) is 0 Å². The van der Waals surface area contributed by atoms with Gasteiger partial charge in [-0.05, 0) is 0 Å². The van der Waals surface area contributed by atoms with Crippen molar-refractivity contribution in [3.63, 3.8) is 0 Å². The maximum Gasteiger partial charge on any atom is 0.0831 e. The van der Waals surface area contributed by atoms with E-state index in [1.54, 1.807) is 0 Å². The van der Waals surface area contributed by atoms with Crippen LogP contribution in [-0.4, -0.2) is 64.0 Å². The fourth-order valence-corrected chi connectivity index (χ4v) is 3.09. The Hall–Kier alpha value is 0.0300. The number of hydrogen-bond donors (Lipinski definition) is 2. The van der Waals surface area contributed by atoms with Crippen LogP contribution in [0.2, 0.25) is 0 Å². The minimum Gasteiger partial charge on any atom is -0.390 e. The Labute approximate surface area is 80.8 Å². The first-order valence-electron chi connectivity index (χ1n) is 4.75. The van der Waals surface area contributed by atoms with Crippen LogP contribution in [0.3, 0.4) is 0 Å². The van der Waals surface area contributed by atoms with Crippen LogP contribution in [0.15, 0.2) is 0 Å². The monoisotopic (exact) mass is 204 g/mol. The zero-order valence-electron chi connectivity index (χ0n) is 7.61. The summed E-state index contributed by atoms with van der Waals surface area (Å²) in [4.78, 5) is 2.26. The van der Waals surface area contributed by atoms with E-state index in [4.69, 9.17) is 0 Å². The van der Waals surface area contributed by atoms with E-state index >= 15 is 0 Å². The molecule has 0 aliphatic carbocycles. The van der Waals surface area contributed by atoms with Gasteiger partial charge in [0, 0.05) is 54.5 Å². The van der Waals surface area contributed by atoms with Crippen LogP contribution in [0.5, 0.6) is 0 Å². The number of aliphatic hydroxyl groups excluding tert-OH is 1. The van der Waals surface area contributed by atoms with Crippen molar-refractivity contribution in [1.82, 2.24) is 10.2 Å². The van der Waals surface area contributed by atoms with Gasteiger partial charge in [0.05, 0.1) is 6.10 Å². The molecule has 0 bridgehead atoms. The van der Waals surface area contributed by atoms with Crippen LogP contribution in [-0.2, 0) is 10.8 Å². The summed E-state index contributed by atoms with van der Waals surface area (Å²) in [7, 11) is -0.616. The number of nitrogens with zero attached hydrogens (tertiary/aromatic N) is 1. The number of aliphatic hydroxyl groups is 1. The number of nitrogens with one attached hydrogen (secondary N) is 1. The summed E-state index contributed by atoms with van der Waals surface area (Å²) in [6.45, 7) is 3.31. The lowest BCUT2D eigenvalue weighted by atomic mass is 10.2. The summed E-state index contributed by atoms with van der Waals surface area (Å²) in [6, 6.07) is 0.247. The van der Waals surface area contributed by atoms with Gasteiger partial charge in [-0.2, -0.15) is 0 Å². The summed E-state index contributed by atoms with van der Waals surface area (Å²) in [5.74, 6) is 1.53. The maximum atomic E-state index is 11.1. The molecule has 2 atom stereocenters. The molecule has 0 amide bonds. The molecule has 2 rings (SSSR count). The summed E-state index contributed by atoms with van der Waals surface area (Å²) in [6.07, 6.45) is -0.244. The highest BCUT2D eigenvalue weighted by molar-refractivity contribution is 7.85. The van der Waals surface area contributed by atoms with E-state index in [0.29, 0.717) is 6.54 Å². The van der Waals surface area contributed by atoms with E-state index < -0.39 is 10.8 Å². The molecule has 2 saturated heterocycles. The largest absolute Gasteiger partial charge is 0.390 e. The highest BCUT2D eigenvalue weighted by atomic mass is 32.2. The Kier molecular flexibility index (Phi) is 2.98. The van der Waals surface area contributed by atoms with Crippen LogP contribution >= 0.6 is 0 Å². The van der Waals surface area contributed by atoms with Gasteiger partial charge < -0.3 is 10.4 Å². The van der Waals surface area contributed by atoms with Crippen LogP contribution in [0.4, 0.5) is 0 Å². The molecule has 2 unspecified atom stereocenters. The second kappa shape index (κ2) is 4.04. The highest BCUT2D eigenvalue weighted by Gasteiger charge is 2.31. The number of β-amino-alcohol motifs (C(OH)–C–C–N with tert-alkyl or cyclic N) is 1. The van der Waals surface area contributed by atoms with Gasteiger partial charge in [-0.3, -0.25) is 9.11 Å². The normalized spacial score (nSPS) is 38.2. The predicted molar refractivity (Wildman–Crippen MR) is 52.1 cm³/mol. The molecule has 0 spiro atoms. The molecule has 2 aliphatic heterocycles. The molecule has 0 aromatic rings. The first kappa shape index (κ1) is 9.58. The van der Waals surface area contributed by atoms with Gasteiger partial charge in [-0.15, -0.1) is 0 Å². The molecule has 0 aromatic carbocycles. The fraction of sp³-hybridized carbons (Fsp3) is 1.00. The Morgan fingerprint density at radius 2 is 2.00 bits per heavy atom. The van der Waals surface area contributed by atoms with E-state index in [2.05, 4.69) is 10.2 Å². The lowest BCUT2D eigenvalue weighted by Gasteiger charge is -2.32. The summed E-state index contributed by atoms with van der Waals surface area (Å²) < 4.78 is 11.1. The molecule has 5 heteroatoms. The third-order valence-electron chi connectivity index (χ3n) is 2.83. The van der Waals surface area contributed by atoms with E-state index in [-0.39, 0.29) is 12.1 Å². The molecule has 0 saturated carbocycles. The van der Waals surface area contributed by atoms with Crippen LogP contribution in [0.1, 0.15) is 0 Å². The van der Waals surface area contributed by atoms with Gasteiger partial charge >= 0.3 is 0 Å². The van der Waals surface area contributed by atoms with Crippen molar-refractivity contribution in [2.45, 2.75) is 12.1 Å². The zero-order valence-corrected chi connectivity index (χ0v) is 8.42. The van der Waals surface area contributed by atoms with Gasteiger partial charge in [0.15, 0.2) is 0 Å². The lowest BCUT2D eigenvalue weighted by Crippen LogP contribution is -2.49. The molecule has 0 aromatic heterocycles. The average molecular weight is 204 g/mol. The van der Waals surface area contributed by atoms with Crippen molar-refractivity contribution in [2.24, 2.45) is 0 Å². The predicted octanol–water partition coefficient (Wildman–Crippen LogP) is -1.62. The van der Waals surface area contributed by atoms with E-state index in [1.165, 1.54) is 0 Å². The van der Waals surface area contributed by atoms with Crippen molar-refractivity contribution >= 4 is 10.8 Å². The van der Waals surface area contributed by atoms with Gasteiger partial charge in [-0.1, -0.05) is 0 Å². The van der Waals surface area contributed by atoms with Crippen molar-refractivity contribution in [2.75, 3.05) is 37.7 Å². The van der Waals surface area contributed by atoms with Crippen molar-refractivity contribution in [3.8, 4) is 0 Å². The quantitative estimate of drug-likeness (QED) is 0.539. The second-order valence-electron chi connectivity index (χ2n) is 3.68. The third-order valence-corrected chi connectivity index (χ3v) is 4.11. The molecule has 2 N–H and O–H groups in total. The third kappa shape index (κ3) is 2.10. The van der Waals surface area contributed by atoms with Crippen LogP contribution < -0.4 is 5.32 Å². The summed E-state index contributed by atoms with van der Waals surface area (Å²) >= 11 is 0. The molecular formula is C8H16N2O2S. The van der Waals surface area contributed by atoms with Crippen molar-refractivity contribution in [1.29, 1.82) is 0 Å². The smallest absolute Gasteiger partial charge is 0.0831 e. The fourth-order valence-electron chi connectivity index (χ4n) is 2.01. The van der Waals surface area contributed by atoms with Gasteiger partial charge in [0.2, 0.25) is 0 Å². The minimum atomic E-state index is -0.616. The number of hydrogen-bond acceptors (Lipinski definition) is 4. The zero-order chi connectivity index (χ0) is 9.26. The SMILES string of the molecule is O=S1CCN(C2CNCC2O)CC1. The molecule has 2 fully saturated rings. The Morgan fingerprint density at radius 3 is 2.54 bits per heavy atom. The van der Waals surface area contributed by atoms with Crippen LogP contribution in [0.25, 0.3) is 0 Å². The first-order chi connectivity index (χ1) is 6.27. The van der Waals surface area contributed by atoms with E-state index in [0.717, 1.165) is 31.1 Å². The standard InChI is InChI=1S/C8H16N2O2S/c11-8-6-9-5-7(8)10-1-3-13(12)4-2-10/h7-9,11H,1-6H2. The molecule has 13 heavy (non-hydrogen) atoms. The Bertz CT molecular complexity index is 202. The average Bonchev–Trinajstić information content (AvgIpc) is 2.53. The summed E-state index contributed by atoms with van der Waals surface area (Å²) in [5.41, 5.74) is 0. The number of rotatable bonds is 1. The summed E-state index contributed by atoms with van der Waals surface area (Å²) in [5, 5.41) is 12.8. The van der Waals surface area contributed by atoms with Gasteiger partial charge in [0.1, 0.15) is 0 Å². The molecular weight excluding hydrogens is 188 g/mol. The minimum absolute atomic E-state index is 0.244. The molecule has 4 nitrogen and oxygen atoms in total. The topological polar surface area (TPSA) is 52.6 Å². The second-order valence-corrected chi connectivity index (χ2v) is 5.37. The molecule has 0 radical (unpaired) electrons. The van der Waals surface area contributed by atoms with Crippen molar-refractivity contribution < 1.29 is 9.32 Å². The lowest BCUT2D eigenvalue weighted by molar-refractivity contribution is 0.0892. The first-order valence-corrected chi connectivity index (χ1v) is 6.24. The van der Waals surface area contributed by atoms with E-state index in [9.17, 15) is 9.32 Å². The van der Waals surface area contributed by atoms with Gasteiger partial charge in [-0.25, -0.2) is 0 Å². The maximum absolute atomic E-state index is 11.1. The van der Waals surface area contributed by atoms with Crippen molar-refractivity contribution in [3.05, 3.63) is 0 Å². The Balaban J connectivity index is 1.90. The highest BCUT2D eigenvalue weighted by Crippen LogP contribution is 2.11. The Morgan fingerprint density at radius 1 is 1.31 bits per heavy atom. The van der Waals surface area contributed by atoms with E-state index in [1.807, 2.05) is 0 Å². The van der Waals surface area contributed by atoms with Gasteiger partial charge in [0.25, 0.3) is 0 Å². The molecule has 2 aliphatic rings.